The fraction of sp³-hybridized carbons (Fsp3) is 0.208. The monoisotopic (exact) mass is 434 g/mol. The van der Waals surface area contributed by atoms with Gasteiger partial charge in [0.1, 0.15) is 17.3 Å². The number of para-hydroxylation sites is 2. The molecule has 0 unspecified atom stereocenters. The molecule has 0 aliphatic rings. The van der Waals surface area contributed by atoms with E-state index in [-0.39, 0.29) is 5.91 Å². The largest absolute Gasteiger partial charge is 0.494 e. The molecular formula is C24H23ClN4O2. The zero-order valence-corrected chi connectivity index (χ0v) is 17.8. The molecule has 7 heteroatoms. The number of hydrogen-bond donors (Lipinski definition) is 1. The van der Waals surface area contributed by atoms with Crippen molar-refractivity contribution in [3.05, 3.63) is 89.5 Å². The third kappa shape index (κ3) is 5.41. The van der Waals surface area contributed by atoms with E-state index in [0.29, 0.717) is 30.3 Å². The number of carbonyl (C=O) groups is 1. The number of aryl methyl sites for hydroxylation is 1. The maximum absolute atomic E-state index is 12.2. The summed E-state index contributed by atoms with van der Waals surface area (Å²) in [7, 11) is 0. The van der Waals surface area contributed by atoms with Crippen LogP contribution in [0.3, 0.4) is 0 Å². The van der Waals surface area contributed by atoms with E-state index in [1.54, 1.807) is 24.4 Å². The maximum atomic E-state index is 12.2. The van der Waals surface area contributed by atoms with Crippen molar-refractivity contribution < 1.29 is 9.53 Å². The molecule has 1 amide bonds. The molecule has 6 nitrogen and oxygen atoms in total. The van der Waals surface area contributed by atoms with Crippen molar-refractivity contribution in [2.45, 2.75) is 19.4 Å². The van der Waals surface area contributed by atoms with Gasteiger partial charge in [0.2, 0.25) is 0 Å². The summed E-state index contributed by atoms with van der Waals surface area (Å²) in [6, 6.07) is 20.7. The van der Waals surface area contributed by atoms with Crippen LogP contribution in [0.2, 0.25) is 5.02 Å². The minimum atomic E-state index is -0.181. The number of rotatable bonds is 9. The Balaban J connectivity index is 1.37. The van der Waals surface area contributed by atoms with Crippen LogP contribution in [0.25, 0.3) is 11.0 Å². The van der Waals surface area contributed by atoms with Crippen LogP contribution in [-0.2, 0) is 13.0 Å². The number of nitrogens with zero attached hydrogens (tertiary/aromatic N) is 3. The van der Waals surface area contributed by atoms with Crippen LogP contribution in [0.5, 0.6) is 5.75 Å². The van der Waals surface area contributed by atoms with Crippen LogP contribution in [-0.4, -0.2) is 33.6 Å². The van der Waals surface area contributed by atoms with Gasteiger partial charge in [-0.1, -0.05) is 29.8 Å². The number of ether oxygens (including phenoxy) is 1. The van der Waals surface area contributed by atoms with E-state index in [1.807, 2.05) is 42.5 Å². The van der Waals surface area contributed by atoms with Crippen molar-refractivity contribution >= 4 is 28.5 Å². The summed E-state index contributed by atoms with van der Waals surface area (Å²) < 4.78 is 8.02. The van der Waals surface area contributed by atoms with E-state index in [0.717, 1.165) is 35.6 Å². The van der Waals surface area contributed by atoms with Crippen LogP contribution in [0.4, 0.5) is 0 Å². The smallest absolute Gasteiger partial charge is 0.269 e. The summed E-state index contributed by atoms with van der Waals surface area (Å²) in [5.74, 6) is 1.56. The summed E-state index contributed by atoms with van der Waals surface area (Å²) in [6.45, 7) is 1.85. The van der Waals surface area contributed by atoms with Crippen LogP contribution in [0, 0.1) is 0 Å². The van der Waals surface area contributed by atoms with Gasteiger partial charge in [-0.2, -0.15) is 0 Å². The minimum absolute atomic E-state index is 0.181. The quantitative estimate of drug-likeness (QED) is 0.393. The predicted molar refractivity (Wildman–Crippen MR) is 122 cm³/mol. The molecule has 0 spiro atoms. The average molecular weight is 435 g/mol. The summed E-state index contributed by atoms with van der Waals surface area (Å²) in [5.41, 5.74) is 2.45. The van der Waals surface area contributed by atoms with Crippen LogP contribution >= 0.6 is 11.6 Å². The Morgan fingerprint density at radius 3 is 2.65 bits per heavy atom. The van der Waals surface area contributed by atoms with Crippen molar-refractivity contribution in [3.8, 4) is 5.75 Å². The molecule has 0 fully saturated rings. The summed E-state index contributed by atoms with van der Waals surface area (Å²) in [6.07, 6.45) is 3.07. The van der Waals surface area contributed by atoms with Gasteiger partial charge in [0.05, 0.1) is 17.6 Å². The number of amides is 1. The number of hydrogen-bond acceptors (Lipinski definition) is 4. The number of halogens is 1. The molecule has 2 aromatic carbocycles. The van der Waals surface area contributed by atoms with Gasteiger partial charge in [-0.3, -0.25) is 9.78 Å². The first-order valence-corrected chi connectivity index (χ1v) is 10.6. The van der Waals surface area contributed by atoms with E-state index < -0.39 is 0 Å². The lowest BCUT2D eigenvalue weighted by molar-refractivity contribution is 0.0949. The van der Waals surface area contributed by atoms with Crippen molar-refractivity contribution in [2.24, 2.45) is 0 Å². The third-order valence-electron chi connectivity index (χ3n) is 4.87. The second-order valence-electron chi connectivity index (χ2n) is 7.05. The van der Waals surface area contributed by atoms with Gasteiger partial charge in [-0.05, 0) is 55.0 Å². The predicted octanol–water partition coefficient (Wildman–Crippen LogP) is 4.53. The molecular weight excluding hydrogens is 412 g/mol. The molecule has 0 saturated carbocycles. The van der Waals surface area contributed by atoms with Gasteiger partial charge >= 0.3 is 0 Å². The number of pyridine rings is 1. The lowest BCUT2D eigenvalue weighted by Gasteiger charge is -2.11. The maximum Gasteiger partial charge on any atom is 0.269 e. The standard InChI is InChI=1S/C24H23ClN4O2/c25-18-9-11-19(12-10-18)31-17-5-16-29-22-8-2-1-6-20(22)28-23(29)13-15-27-24(30)21-7-3-4-14-26-21/h1-4,6-12,14H,5,13,15-17H2,(H,27,30). The average Bonchev–Trinajstić information content (AvgIpc) is 3.16. The first kappa shape index (κ1) is 20.9. The highest BCUT2D eigenvalue weighted by atomic mass is 35.5. The van der Waals surface area contributed by atoms with Crippen molar-refractivity contribution in [1.29, 1.82) is 0 Å². The number of imidazole rings is 1. The zero-order chi connectivity index (χ0) is 21.5. The normalized spacial score (nSPS) is 10.9. The van der Waals surface area contributed by atoms with Crippen LogP contribution < -0.4 is 10.1 Å². The van der Waals surface area contributed by atoms with Gasteiger partial charge in [0, 0.05) is 30.7 Å². The fourth-order valence-electron chi connectivity index (χ4n) is 3.38. The molecule has 4 rings (SSSR count). The first-order chi connectivity index (χ1) is 15.2. The molecule has 0 aliphatic heterocycles. The Labute approximate surface area is 185 Å². The van der Waals surface area contributed by atoms with E-state index in [2.05, 4.69) is 20.9 Å². The Morgan fingerprint density at radius 1 is 1.03 bits per heavy atom. The van der Waals surface area contributed by atoms with Crippen LogP contribution in [0.1, 0.15) is 22.7 Å². The molecule has 158 valence electrons. The number of nitrogens with one attached hydrogen (secondary N) is 1. The first-order valence-electron chi connectivity index (χ1n) is 10.2. The third-order valence-corrected chi connectivity index (χ3v) is 5.13. The summed E-state index contributed by atoms with van der Waals surface area (Å²) in [4.78, 5) is 21.1. The van der Waals surface area contributed by atoms with Gasteiger partial charge in [-0.25, -0.2) is 4.98 Å². The second kappa shape index (κ2) is 10.1. The molecule has 0 radical (unpaired) electrons. The Morgan fingerprint density at radius 2 is 1.84 bits per heavy atom. The van der Waals surface area contributed by atoms with Gasteiger partial charge in [0.15, 0.2) is 0 Å². The zero-order valence-electron chi connectivity index (χ0n) is 17.0. The highest BCUT2D eigenvalue weighted by Gasteiger charge is 2.12. The number of fused-ring (bicyclic) bond motifs is 1. The SMILES string of the molecule is O=C(NCCc1nc2ccccc2n1CCCOc1ccc(Cl)cc1)c1ccccn1. The van der Waals surface area contributed by atoms with Gasteiger partial charge < -0.3 is 14.6 Å². The van der Waals surface area contributed by atoms with Crippen molar-refractivity contribution in [1.82, 2.24) is 19.9 Å². The molecule has 0 saturated heterocycles. The summed E-state index contributed by atoms with van der Waals surface area (Å²) >= 11 is 5.91. The van der Waals surface area contributed by atoms with Gasteiger partial charge in [0.25, 0.3) is 5.91 Å². The molecule has 0 atom stereocenters. The number of carbonyl (C=O) groups excluding carboxylic acids is 1. The van der Waals surface area contributed by atoms with Crippen molar-refractivity contribution in [2.75, 3.05) is 13.2 Å². The molecule has 4 aromatic rings. The van der Waals surface area contributed by atoms with E-state index in [9.17, 15) is 4.79 Å². The van der Waals surface area contributed by atoms with E-state index >= 15 is 0 Å². The molecule has 0 bridgehead atoms. The second-order valence-corrected chi connectivity index (χ2v) is 7.48. The minimum Gasteiger partial charge on any atom is -0.494 e. The number of benzene rings is 2. The topological polar surface area (TPSA) is 69.0 Å². The lowest BCUT2D eigenvalue weighted by atomic mass is 10.3. The molecule has 2 heterocycles. The molecule has 31 heavy (non-hydrogen) atoms. The molecule has 2 aromatic heterocycles. The van der Waals surface area contributed by atoms with Gasteiger partial charge in [-0.15, -0.1) is 0 Å². The Kier molecular flexibility index (Phi) is 6.79. The van der Waals surface area contributed by atoms with E-state index in [1.165, 1.54) is 0 Å². The molecule has 1 N–H and O–H groups in total. The summed E-state index contributed by atoms with van der Waals surface area (Å²) in [5, 5.41) is 3.61. The van der Waals surface area contributed by atoms with Crippen molar-refractivity contribution in [3.63, 3.8) is 0 Å². The number of aromatic nitrogens is 3. The highest BCUT2D eigenvalue weighted by molar-refractivity contribution is 6.30. The Bertz CT molecular complexity index is 1140. The molecule has 0 aliphatic carbocycles. The Hall–Kier alpha value is -3.38. The van der Waals surface area contributed by atoms with E-state index in [4.69, 9.17) is 21.3 Å². The lowest BCUT2D eigenvalue weighted by Crippen LogP contribution is -2.27. The highest BCUT2D eigenvalue weighted by Crippen LogP contribution is 2.18. The fourth-order valence-corrected chi connectivity index (χ4v) is 3.51. The van der Waals surface area contributed by atoms with Crippen LogP contribution in [0.15, 0.2) is 72.9 Å².